The minimum atomic E-state index is 1.09. The highest BCUT2D eigenvalue weighted by atomic mass is 32.1. The van der Waals surface area contributed by atoms with Gasteiger partial charge in [0.2, 0.25) is 0 Å². The third-order valence-electron chi connectivity index (χ3n) is 1.58. The second-order valence-electron chi connectivity index (χ2n) is 2.33. The van der Waals surface area contributed by atoms with Crippen molar-refractivity contribution in [1.29, 1.82) is 0 Å². The maximum absolute atomic E-state index is 3.69. The fraction of sp³-hybridized carbons (Fsp3) is 0.333. The van der Waals surface area contributed by atoms with Crippen LogP contribution in [0.4, 0.5) is 0 Å². The zero-order chi connectivity index (χ0) is 7.40. The molecule has 0 amide bonds. The molecule has 10 heavy (non-hydrogen) atoms. The van der Waals surface area contributed by atoms with Crippen LogP contribution in [0.3, 0.4) is 0 Å². The molecule has 0 saturated carbocycles. The molecule has 1 rings (SSSR count). The second kappa shape index (κ2) is 3.57. The van der Waals surface area contributed by atoms with Crippen LogP contribution in [0.1, 0.15) is 16.9 Å². The second-order valence-corrected chi connectivity index (χ2v) is 3.45. The summed E-state index contributed by atoms with van der Waals surface area (Å²) in [5.74, 6) is 0. The number of allylic oxidation sites excluding steroid dienone is 1. The van der Waals surface area contributed by atoms with E-state index in [0.717, 1.165) is 12.8 Å². The Morgan fingerprint density at radius 3 is 3.00 bits per heavy atom. The predicted octanol–water partition coefficient (Wildman–Crippen LogP) is 3.18. The highest BCUT2D eigenvalue weighted by molar-refractivity contribution is 7.10. The van der Waals surface area contributed by atoms with Gasteiger partial charge in [-0.3, -0.25) is 0 Å². The van der Waals surface area contributed by atoms with Crippen molar-refractivity contribution < 1.29 is 0 Å². The Balaban J connectivity index is 2.56. The molecular formula is C9H12S. The molecule has 0 saturated heterocycles. The van der Waals surface area contributed by atoms with Crippen LogP contribution in [0.15, 0.2) is 24.1 Å². The molecule has 0 bridgehead atoms. The van der Waals surface area contributed by atoms with Gasteiger partial charge < -0.3 is 0 Å². The Morgan fingerprint density at radius 2 is 2.50 bits per heavy atom. The summed E-state index contributed by atoms with van der Waals surface area (Å²) in [7, 11) is 0. The molecule has 0 radical (unpaired) electrons. The molecule has 0 atom stereocenters. The monoisotopic (exact) mass is 152 g/mol. The third-order valence-corrected chi connectivity index (χ3v) is 2.47. The molecule has 54 valence electrons. The van der Waals surface area contributed by atoms with E-state index in [4.69, 9.17) is 0 Å². The van der Waals surface area contributed by atoms with Crippen LogP contribution in [0.5, 0.6) is 0 Å². The van der Waals surface area contributed by atoms with Gasteiger partial charge in [0.05, 0.1) is 0 Å². The summed E-state index contributed by atoms with van der Waals surface area (Å²) in [5.41, 5.74) is 1.48. The van der Waals surface area contributed by atoms with Gasteiger partial charge in [-0.05, 0) is 36.8 Å². The Labute approximate surface area is 66.2 Å². The SMILES string of the molecule is C=CCCc1ccsc1C. The van der Waals surface area contributed by atoms with Gasteiger partial charge in [-0.15, -0.1) is 17.9 Å². The number of rotatable bonds is 3. The molecule has 1 aromatic heterocycles. The quantitative estimate of drug-likeness (QED) is 0.583. The van der Waals surface area contributed by atoms with Crippen molar-refractivity contribution in [3.8, 4) is 0 Å². The van der Waals surface area contributed by atoms with Gasteiger partial charge in [-0.1, -0.05) is 6.08 Å². The average Bonchev–Trinajstić information content (AvgIpc) is 2.31. The highest BCUT2D eigenvalue weighted by Gasteiger charge is 1.95. The lowest BCUT2D eigenvalue weighted by molar-refractivity contribution is 1.00. The summed E-state index contributed by atoms with van der Waals surface area (Å²) in [6, 6.07) is 2.20. The Bertz CT molecular complexity index is 210. The van der Waals surface area contributed by atoms with Crippen molar-refractivity contribution in [3.63, 3.8) is 0 Å². The molecule has 1 heteroatoms. The summed E-state index contributed by atoms with van der Waals surface area (Å²) in [6.45, 7) is 5.86. The topological polar surface area (TPSA) is 0 Å². The fourth-order valence-electron chi connectivity index (χ4n) is 0.928. The van der Waals surface area contributed by atoms with Crippen molar-refractivity contribution in [3.05, 3.63) is 34.5 Å². The van der Waals surface area contributed by atoms with Crippen LogP contribution in [-0.2, 0) is 6.42 Å². The van der Waals surface area contributed by atoms with E-state index < -0.39 is 0 Å². The van der Waals surface area contributed by atoms with E-state index >= 15 is 0 Å². The molecule has 0 aliphatic rings. The van der Waals surface area contributed by atoms with Crippen molar-refractivity contribution in [1.82, 2.24) is 0 Å². The maximum Gasteiger partial charge on any atom is 0.00463 e. The molecule has 0 aliphatic heterocycles. The third kappa shape index (κ3) is 1.71. The highest BCUT2D eigenvalue weighted by Crippen LogP contribution is 2.16. The summed E-state index contributed by atoms with van der Waals surface area (Å²) >= 11 is 1.82. The van der Waals surface area contributed by atoms with Crippen LogP contribution in [0.2, 0.25) is 0 Å². The lowest BCUT2D eigenvalue weighted by Crippen LogP contribution is -1.80. The van der Waals surface area contributed by atoms with Gasteiger partial charge in [0.15, 0.2) is 0 Å². The van der Waals surface area contributed by atoms with E-state index in [1.165, 1.54) is 10.4 Å². The Kier molecular flexibility index (Phi) is 2.69. The van der Waals surface area contributed by atoms with Crippen LogP contribution in [0, 0.1) is 6.92 Å². The zero-order valence-corrected chi connectivity index (χ0v) is 7.08. The summed E-state index contributed by atoms with van der Waals surface area (Å²) in [5, 5.41) is 2.15. The summed E-state index contributed by atoms with van der Waals surface area (Å²) < 4.78 is 0. The van der Waals surface area contributed by atoms with Crippen LogP contribution in [0.25, 0.3) is 0 Å². The van der Waals surface area contributed by atoms with Gasteiger partial charge >= 0.3 is 0 Å². The molecule has 0 spiro atoms. The van der Waals surface area contributed by atoms with Crippen LogP contribution < -0.4 is 0 Å². The van der Waals surface area contributed by atoms with Crippen molar-refractivity contribution in [2.75, 3.05) is 0 Å². The lowest BCUT2D eigenvalue weighted by atomic mass is 10.1. The van der Waals surface area contributed by atoms with Crippen molar-refractivity contribution in [2.45, 2.75) is 19.8 Å². The first kappa shape index (κ1) is 7.55. The van der Waals surface area contributed by atoms with E-state index in [-0.39, 0.29) is 0 Å². The lowest BCUT2D eigenvalue weighted by Gasteiger charge is -1.93. The molecule has 1 heterocycles. The predicted molar refractivity (Wildman–Crippen MR) is 47.6 cm³/mol. The van der Waals surface area contributed by atoms with Crippen LogP contribution >= 0.6 is 11.3 Å². The first-order valence-corrected chi connectivity index (χ1v) is 4.36. The number of hydrogen-bond acceptors (Lipinski definition) is 1. The zero-order valence-electron chi connectivity index (χ0n) is 6.26. The van der Waals surface area contributed by atoms with E-state index in [9.17, 15) is 0 Å². The molecule has 0 nitrogen and oxygen atoms in total. The molecule has 1 aromatic rings. The number of thiophene rings is 1. The minimum absolute atomic E-state index is 1.09. The number of hydrogen-bond donors (Lipinski definition) is 0. The maximum atomic E-state index is 3.69. The summed E-state index contributed by atoms with van der Waals surface area (Å²) in [6.07, 6.45) is 4.22. The normalized spacial score (nSPS) is 9.70. The molecule has 0 aliphatic carbocycles. The van der Waals surface area contributed by atoms with Gasteiger partial charge in [-0.25, -0.2) is 0 Å². The van der Waals surface area contributed by atoms with Crippen molar-refractivity contribution >= 4 is 11.3 Å². The molecule has 0 unspecified atom stereocenters. The number of aryl methyl sites for hydroxylation is 2. The standard InChI is InChI=1S/C9H12S/c1-3-4-5-9-6-7-10-8(9)2/h3,6-7H,1,4-5H2,2H3. The van der Waals surface area contributed by atoms with E-state index in [0.29, 0.717) is 0 Å². The fourth-order valence-corrected chi connectivity index (χ4v) is 1.69. The molecule has 0 fully saturated rings. The van der Waals surface area contributed by atoms with E-state index in [2.05, 4.69) is 24.9 Å². The van der Waals surface area contributed by atoms with E-state index in [1.54, 1.807) is 0 Å². The molecule has 0 aromatic carbocycles. The van der Waals surface area contributed by atoms with Gasteiger partial charge in [0.1, 0.15) is 0 Å². The van der Waals surface area contributed by atoms with Gasteiger partial charge in [0.25, 0.3) is 0 Å². The first-order valence-electron chi connectivity index (χ1n) is 3.48. The Hall–Kier alpha value is -0.560. The molecule has 0 N–H and O–H groups in total. The van der Waals surface area contributed by atoms with Crippen molar-refractivity contribution in [2.24, 2.45) is 0 Å². The first-order chi connectivity index (χ1) is 4.84. The summed E-state index contributed by atoms with van der Waals surface area (Å²) in [4.78, 5) is 1.45. The van der Waals surface area contributed by atoms with Crippen LogP contribution in [-0.4, -0.2) is 0 Å². The molecular weight excluding hydrogens is 140 g/mol. The average molecular weight is 152 g/mol. The minimum Gasteiger partial charge on any atom is -0.149 e. The van der Waals surface area contributed by atoms with E-state index in [1.807, 2.05) is 17.4 Å². The largest absolute Gasteiger partial charge is 0.149 e. The smallest absolute Gasteiger partial charge is 0.00463 e. The van der Waals surface area contributed by atoms with Gasteiger partial charge in [0, 0.05) is 4.88 Å². The Morgan fingerprint density at radius 1 is 1.70 bits per heavy atom. The van der Waals surface area contributed by atoms with Gasteiger partial charge in [-0.2, -0.15) is 0 Å².